The van der Waals surface area contributed by atoms with Crippen LogP contribution >= 0.6 is 0 Å². The van der Waals surface area contributed by atoms with Crippen LogP contribution in [-0.2, 0) is 0 Å². The van der Waals surface area contributed by atoms with Gasteiger partial charge in [0.1, 0.15) is 0 Å². The van der Waals surface area contributed by atoms with Crippen molar-refractivity contribution < 1.29 is 14.3 Å². The smallest absolute Gasteiger partial charge is 0.320 e. The number of H-pyrrole nitrogens is 1. The van der Waals surface area contributed by atoms with Crippen LogP contribution in [0.5, 0.6) is 0 Å². The molecule has 0 unspecified atom stereocenters. The van der Waals surface area contributed by atoms with Crippen molar-refractivity contribution in [2.45, 2.75) is 0 Å². The third-order valence-corrected chi connectivity index (χ3v) is 3.62. The lowest BCUT2D eigenvalue weighted by molar-refractivity contribution is -0.255. The van der Waals surface area contributed by atoms with Crippen LogP contribution in [0, 0.1) is 0 Å². The molecule has 4 aromatic rings. The maximum atomic E-state index is 10.7. The Bertz CT molecular complexity index is 1020. The minimum absolute atomic E-state index is 0.102. The fourth-order valence-electron chi connectivity index (χ4n) is 2.44. The minimum Gasteiger partial charge on any atom is -0.545 e. The number of nitrogens with zero attached hydrogens (tertiary/aromatic N) is 2. The number of fused-ring (bicyclic) bond motifs is 1. The second kappa shape index (κ2) is 5.54. The Morgan fingerprint density at radius 1 is 1.08 bits per heavy atom. The maximum Gasteiger partial charge on any atom is 0.320 e. The van der Waals surface area contributed by atoms with Crippen LogP contribution in [0.4, 0.5) is 11.7 Å². The third-order valence-electron chi connectivity index (χ3n) is 3.62. The van der Waals surface area contributed by atoms with Gasteiger partial charge in [0.15, 0.2) is 0 Å². The number of aromatic nitrogens is 3. The van der Waals surface area contributed by atoms with Crippen LogP contribution in [0.25, 0.3) is 22.4 Å². The zero-order valence-electron chi connectivity index (χ0n) is 12.3. The summed E-state index contributed by atoms with van der Waals surface area (Å²) in [6, 6.07) is 14.1. The van der Waals surface area contributed by atoms with Crippen molar-refractivity contribution in [3.63, 3.8) is 0 Å². The molecule has 0 saturated carbocycles. The van der Waals surface area contributed by atoms with Gasteiger partial charge in [0.2, 0.25) is 0 Å². The van der Waals surface area contributed by atoms with Crippen molar-refractivity contribution in [2.75, 3.05) is 5.32 Å². The predicted octanol–water partition coefficient (Wildman–Crippen LogP) is 2.33. The number of carboxylic acids is 1. The van der Waals surface area contributed by atoms with Gasteiger partial charge in [-0.15, -0.1) is 5.10 Å². The molecule has 0 aliphatic carbocycles. The molecule has 7 nitrogen and oxygen atoms in total. The van der Waals surface area contributed by atoms with E-state index in [0.29, 0.717) is 11.6 Å². The molecule has 0 amide bonds. The Hall–Kier alpha value is -3.61. The molecule has 0 fully saturated rings. The highest BCUT2D eigenvalue weighted by atomic mass is 16.4. The number of hydrogen-bond donors (Lipinski definition) is 2. The zero-order chi connectivity index (χ0) is 16.5. The molecule has 2 heterocycles. The van der Waals surface area contributed by atoms with Crippen LogP contribution < -0.4 is 10.4 Å². The molecule has 0 radical (unpaired) electrons. The number of carboxylic acid groups (broad SMARTS) is 1. The Balaban J connectivity index is 1.59. The van der Waals surface area contributed by atoms with E-state index >= 15 is 0 Å². The summed E-state index contributed by atoms with van der Waals surface area (Å²) < 4.78 is 5.64. The Morgan fingerprint density at radius 2 is 1.88 bits per heavy atom. The average molecular weight is 319 g/mol. The fraction of sp³-hybridized carbons (Fsp3) is 0. The summed E-state index contributed by atoms with van der Waals surface area (Å²) in [6.07, 6.45) is 1.82. The number of carbonyl (C=O) groups excluding carboxylic acids is 1. The molecular weight excluding hydrogens is 308 g/mol. The van der Waals surface area contributed by atoms with Gasteiger partial charge in [-0.05, 0) is 23.8 Å². The summed E-state index contributed by atoms with van der Waals surface area (Å²) in [7, 11) is 0. The minimum atomic E-state index is -1.22. The number of anilines is 2. The van der Waals surface area contributed by atoms with Crippen LogP contribution in [0.2, 0.25) is 0 Å². The fourth-order valence-corrected chi connectivity index (χ4v) is 2.44. The van der Waals surface area contributed by atoms with E-state index < -0.39 is 5.97 Å². The summed E-state index contributed by atoms with van der Waals surface area (Å²) >= 11 is 0. The van der Waals surface area contributed by atoms with Crippen molar-refractivity contribution in [2.24, 2.45) is 0 Å². The van der Waals surface area contributed by atoms with Gasteiger partial charge in [0.25, 0.3) is 5.89 Å². The maximum absolute atomic E-state index is 10.7. The number of hydrogen-bond acceptors (Lipinski definition) is 6. The van der Waals surface area contributed by atoms with E-state index in [4.69, 9.17) is 4.42 Å². The quantitative estimate of drug-likeness (QED) is 0.598. The van der Waals surface area contributed by atoms with E-state index in [1.54, 1.807) is 12.1 Å². The summed E-state index contributed by atoms with van der Waals surface area (Å²) in [5.74, 6) is -0.831. The van der Waals surface area contributed by atoms with Crippen LogP contribution in [0.3, 0.4) is 0 Å². The molecule has 2 aromatic heterocycles. The van der Waals surface area contributed by atoms with Crippen molar-refractivity contribution in [3.8, 4) is 11.5 Å². The van der Waals surface area contributed by atoms with E-state index in [1.807, 2.05) is 30.5 Å². The van der Waals surface area contributed by atoms with Crippen molar-refractivity contribution in [1.29, 1.82) is 0 Å². The molecule has 4 rings (SSSR count). The van der Waals surface area contributed by atoms with E-state index in [1.165, 1.54) is 12.1 Å². The third kappa shape index (κ3) is 2.48. The first-order valence-corrected chi connectivity index (χ1v) is 7.19. The van der Waals surface area contributed by atoms with Crippen LogP contribution in [0.15, 0.2) is 59.1 Å². The SMILES string of the molecule is O=C([O-])c1ccc(Nc2nnc(-c3c[nH]c4ccccc34)o2)cc1. The second-order valence-corrected chi connectivity index (χ2v) is 5.15. The molecule has 0 atom stereocenters. The Morgan fingerprint density at radius 3 is 2.67 bits per heavy atom. The van der Waals surface area contributed by atoms with Crippen LogP contribution in [-0.4, -0.2) is 21.2 Å². The summed E-state index contributed by atoms with van der Waals surface area (Å²) in [4.78, 5) is 13.9. The normalized spacial score (nSPS) is 10.8. The standard InChI is InChI=1S/C17H12N4O3/c22-16(23)10-5-7-11(8-6-10)19-17-21-20-15(24-17)13-9-18-14-4-2-1-3-12(13)14/h1-9,18H,(H,19,21)(H,22,23)/p-1. The summed E-state index contributed by atoms with van der Waals surface area (Å²) in [5, 5.41) is 22.7. The van der Waals surface area contributed by atoms with Crippen LogP contribution in [0.1, 0.15) is 10.4 Å². The number of rotatable bonds is 4. The van der Waals surface area contributed by atoms with Gasteiger partial charge in [0, 0.05) is 22.8 Å². The first-order valence-electron chi connectivity index (χ1n) is 7.19. The van der Waals surface area contributed by atoms with Gasteiger partial charge < -0.3 is 24.6 Å². The topological polar surface area (TPSA) is 107 Å². The monoisotopic (exact) mass is 319 g/mol. The van der Waals surface area contributed by atoms with Gasteiger partial charge in [-0.2, -0.15) is 0 Å². The molecule has 2 N–H and O–H groups in total. The molecule has 0 aliphatic rings. The number of para-hydroxylation sites is 1. The highest BCUT2D eigenvalue weighted by Crippen LogP contribution is 2.28. The van der Waals surface area contributed by atoms with Crippen molar-refractivity contribution in [1.82, 2.24) is 15.2 Å². The number of aromatic carboxylic acids is 1. The predicted molar refractivity (Wildman–Crippen MR) is 85.6 cm³/mol. The highest BCUT2D eigenvalue weighted by Gasteiger charge is 2.13. The lowest BCUT2D eigenvalue weighted by Crippen LogP contribution is -2.21. The second-order valence-electron chi connectivity index (χ2n) is 5.15. The van der Waals surface area contributed by atoms with Gasteiger partial charge in [-0.3, -0.25) is 0 Å². The van der Waals surface area contributed by atoms with Gasteiger partial charge in [-0.1, -0.05) is 35.4 Å². The van der Waals surface area contributed by atoms with E-state index in [9.17, 15) is 9.90 Å². The molecule has 0 saturated heterocycles. The molecular formula is C17H11N4O3-. The van der Waals surface area contributed by atoms with Gasteiger partial charge in [-0.25, -0.2) is 0 Å². The van der Waals surface area contributed by atoms with Gasteiger partial charge in [0.05, 0.1) is 11.5 Å². The lowest BCUT2D eigenvalue weighted by Gasteiger charge is -2.04. The number of aromatic amines is 1. The average Bonchev–Trinajstić information content (AvgIpc) is 3.22. The summed E-state index contributed by atoms with van der Waals surface area (Å²) in [6.45, 7) is 0. The van der Waals surface area contributed by atoms with E-state index in [2.05, 4.69) is 20.5 Å². The van der Waals surface area contributed by atoms with E-state index in [0.717, 1.165) is 16.5 Å². The van der Waals surface area contributed by atoms with Gasteiger partial charge >= 0.3 is 6.01 Å². The zero-order valence-corrected chi connectivity index (χ0v) is 12.3. The Kier molecular flexibility index (Phi) is 3.24. The van der Waals surface area contributed by atoms with E-state index in [-0.39, 0.29) is 11.6 Å². The molecule has 2 aromatic carbocycles. The number of nitrogens with one attached hydrogen (secondary N) is 2. The molecule has 7 heteroatoms. The molecule has 0 aliphatic heterocycles. The first-order chi connectivity index (χ1) is 11.7. The Labute approximate surface area is 136 Å². The highest BCUT2D eigenvalue weighted by molar-refractivity contribution is 5.93. The number of carbonyl (C=O) groups is 1. The number of benzene rings is 2. The molecule has 118 valence electrons. The molecule has 24 heavy (non-hydrogen) atoms. The largest absolute Gasteiger partial charge is 0.545 e. The first kappa shape index (κ1) is 14.0. The molecule has 0 bridgehead atoms. The molecule has 0 spiro atoms. The van der Waals surface area contributed by atoms with Crippen molar-refractivity contribution in [3.05, 3.63) is 60.3 Å². The lowest BCUT2D eigenvalue weighted by atomic mass is 10.2. The van der Waals surface area contributed by atoms with Crippen molar-refractivity contribution >= 4 is 28.6 Å². The summed E-state index contributed by atoms with van der Waals surface area (Å²) in [5.41, 5.74) is 2.54.